The maximum Gasteiger partial charge on any atom is 0.180 e. The first kappa shape index (κ1) is 12.1. The van der Waals surface area contributed by atoms with Crippen LogP contribution in [0.15, 0.2) is 35.7 Å². The summed E-state index contributed by atoms with van der Waals surface area (Å²) in [6, 6.07) is 10.4. The molecule has 2 rings (SSSR count). The second-order valence-corrected chi connectivity index (χ2v) is 4.71. The maximum atomic E-state index is 5.54. The normalized spacial score (nSPS) is 10.6. The van der Waals surface area contributed by atoms with E-state index < -0.39 is 0 Å². The minimum atomic E-state index is 0.558. The molecule has 0 atom stereocenters. The average molecular weight is 248 g/mol. The number of thiazole rings is 1. The predicted molar refractivity (Wildman–Crippen MR) is 70.9 cm³/mol. The highest BCUT2D eigenvalue weighted by atomic mass is 32.1. The summed E-state index contributed by atoms with van der Waals surface area (Å²) in [5.74, 6) is 0. The number of nitrogens with two attached hydrogens (primary N) is 1. The Bertz CT molecular complexity index is 442. The first-order valence-corrected chi connectivity index (χ1v) is 6.54. The second-order valence-electron chi connectivity index (χ2n) is 3.82. The van der Waals surface area contributed by atoms with Gasteiger partial charge in [0, 0.05) is 12.0 Å². The summed E-state index contributed by atoms with van der Waals surface area (Å²) >= 11 is 1.45. The molecular weight excluding hydrogens is 232 g/mol. The van der Waals surface area contributed by atoms with Crippen LogP contribution in [-0.4, -0.2) is 11.6 Å². The summed E-state index contributed by atoms with van der Waals surface area (Å²) in [7, 11) is 0. The van der Waals surface area contributed by atoms with Crippen LogP contribution >= 0.6 is 11.3 Å². The molecular formula is C13H16N2OS. The van der Waals surface area contributed by atoms with Gasteiger partial charge < -0.3 is 10.5 Å². The highest BCUT2D eigenvalue weighted by Crippen LogP contribution is 2.11. The Kier molecular flexibility index (Phi) is 4.53. The largest absolute Gasteiger partial charge is 0.375 e. The molecule has 2 aromatic rings. The highest BCUT2D eigenvalue weighted by molar-refractivity contribution is 7.13. The molecule has 0 fully saturated rings. The molecule has 0 saturated heterocycles. The van der Waals surface area contributed by atoms with Gasteiger partial charge in [0.25, 0.3) is 0 Å². The minimum Gasteiger partial charge on any atom is -0.375 e. The van der Waals surface area contributed by atoms with Gasteiger partial charge >= 0.3 is 0 Å². The van der Waals surface area contributed by atoms with Gasteiger partial charge in [-0.2, -0.15) is 0 Å². The zero-order chi connectivity index (χ0) is 11.9. The molecule has 0 aliphatic rings. The lowest BCUT2D eigenvalue weighted by molar-refractivity contribution is 0.116. The van der Waals surface area contributed by atoms with Crippen molar-refractivity contribution in [1.29, 1.82) is 0 Å². The summed E-state index contributed by atoms with van der Waals surface area (Å²) in [6.45, 7) is 1.31. The fourth-order valence-electron chi connectivity index (χ4n) is 1.59. The minimum absolute atomic E-state index is 0.558. The molecule has 0 saturated carbocycles. The Morgan fingerprint density at radius 2 is 2.06 bits per heavy atom. The highest BCUT2D eigenvalue weighted by Gasteiger charge is 1.98. The SMILES string of the molecule is Nc1nc(COCCCc2ccccc2)cs1. The molecule has 1 aromatic carbocycles. The van der Waals surface area contributed by atoms with Crippen molar-refractivity contribution >= 4 is 16.5 Å². The van der Waals surface area contributed by atoms with Gasteiger partial charge in [0.2, 0.25) is 0 Å². The van der Waals surface area contributed by atoms with Crippen LogP contribution in [0.2, 0.25) is 0 Å². The summed E-state index contributed by atoms with van der Waals surface area (Å²) in [5.41, 5.74) is 7.82. The van der Waals surface area contributed by atoms with Gasteiger partial charge in [0.05, 0.1) is 12.3 Å². The zero-order valence-electron chi connectivity index (χ0n) is 9.63. The van der Waals surface area contributed by atoms with Gasteiger partial charge in [-0.3, -0.25) is 0 Å². The summed E-state index contributed by atoms with van der Waals surface area (Å²) in [4.78, 5) is 4.14. The van der Waals surface area contributed by atoms with Gasteiger partial charge in [-0.1, -0.05) is 30.3 Å². The van der Waals surface area contributed by atoms with Crippen molar-refractivity contribution in [3.8, 4) is 0 Å². The lowest BCUT2D eigenvalue weighted by Gasteiger charge is -2.02. The van der Waals surface area contributed by atoms with E-state index in [4.69, 9.17) is 10.5 Å². The summed E-state index contributed by atoms with van der Waals surface area (Å²) in [6.07, 6.45) is 2.09. The number of hydrogen-bond acceptors (Lipinski definition) is 4. The van der Waals surface area contributed by atoms with Crippen LogP contribution in [0.4, 0.5) is 5.13 Å². The average Bonchev–Trinajstić information content (AvgIpc) is 2.76. The number of nitrogens with zero attached hydrogens (tertiary/aromatic N) is 1. The molecule has 0 radical (unpaired) electrons. The van der Waals surface area contributed by atoms with Crippen molar-refractivity contribution < 1.29 is 4.74 Å². The Hall–Kier alpha value is -1.39. The summed E-state index contributed by atoms with van der Waals surface area (Å²) in [5, 5.41) is 2.54. The molecule has 2 N–H and O–H groups in total. The fourth-order valence-corrected chi connectivity index (χ4v) is 2.14. The maximum absolute atomic E-state index is 5.54. The van der Waals surface area contributed by atoms with Crippen molar-refractivity contribution in [3.63, 3.8) is 0 Å². The van der Waals surface area contributed by atoms with Crippen molar-refractivity contribution in [1.82, 2.24) is 4.98 Å². The van der Waals surface area contributed by atoms with Gasteiger partial charge in [-0.15, -0.1) is 11.3 Å². The lowest BCUT2D eigenvalue weighted by atomic mass is 10.1. The van der Waals surface area contributed by atoms with Crippen LogP contribution in [0, 0.1) is 0 Å². The number of anilines is 1. The first-order chi connectivity index (χ1) is 8.34. The molecule has 0 unspecified atom stereocenters. The van der Waals surface area contributed by atoms with E-state index in [9.17, 15) is 0 Å². The van der Waals surface area contributed by atoms with E-state index in [2.05, 4.69) is 29.2 Å². The first-order valence-electron chi connectivity index (χ1n) is 5.66. The molecule has 1 heterocycles. The molecule has 0 amide bonds. The number of ether oxygens (including phenoxy) is 1. The number of benzene rings is 1. The van der Waals surface area contributed by atoms with Crippen LogP contribution in [0.5, 0.6) is 0 Å². The smallest absolute Gasteiger partial charge is 0.180 e. The number of aromatic nitrogens is 1. The van der Waals surface area contributed by atoms with E-state index in [1.807, 2.05) is 11.4 Å². The predicted octanol–water partition coefficient (Wildman–Crippen LogP) is 2.87. The molecule has 0 aliphatic carbocycles. The van der Waals surface area contributed by atoms with Crippen LogP contribution < -0.4 is 5.73 Å². The fraction of sp³-hybridized carbons (Fsp3) is 0.308. The number of hydrogen-bond donors (Lipinski definition) is 1. The third kappa shape index (κ3) is 4.17. The van der Waals surface area contributed by atoms with E-state index in [0.717, 1.165) is 25.1 Å². The molecule has 3 nitrogen and oxygen atoms in total. The molecule has 0 aliphatic heterocycles. The van der Waals surface area contributed by atoms with E-state index in [1.54, 1.807) is 0 Å². The second kappa shape index (κ2) is 6.37. The lowest BCUT2D eigenvalue weighted by Crippen LogP contribution is -1.98. The third-order valence-corrected chi connectivity index (χ3v) is 3.14. The van der Waals surface area contributed by atoms with Gasteiger partial charge in [-0.05, 0) is 18.4 Å². The third-order valence-electron chi connectivity index (χ3n) is 2.42. The topological polar surface area (TPSA) is 48.1 Å². The van der Waals surface area contributed by atoms with Gasteiger partial charge in [0.15, 0.2) is 5.13 Å². The van der Waals surface area contributed by atoms with Crippen LogP contribution in [0.25, 0.3) is 0 Å². The number of aryl methyl sites for hydroxylation is 1. The van der Waals surface area contributed by atoms with Crippen molar-refractivity contribution in [2.75, 3.05) is 12.3 Å². The Labute approximate surface area is 105 Å². The monoisotopic (exact) mass is 248 g/mol. The van der Waals surface area contributed by atoms with Gasteiger partial charge in [0.1, 0.15) is 0 Å². The standard InChI is InChI=1S/C13H16N2OS/c14-13-15-12(10-17-13)9-16-8-4-7-11-5-2-1-3-6-11/h1-3,5-6,10H,4,7-9H2,(H2,14,15). The van der Waals surface area contributed by atoms with Crippen LogP contribution in [0.1, 0.15) is 17.7 Å². The quantitative estimate of drug-likeness (QED) is 0.800. The molecule has 1 aromatic heterocycles. The van der Waals surface area contributed by atoms with Crippen LogP contribution in [-0.2, 0) is 17.8 Å². The molecule has 4 heteroatoms. The Morgan fingerprint density at radius 1 is 1.24 bits per heavy atom. The molecule has 0 bridgehead atoms. The molecule has 17 heavy (non-hydrogen) atoms. The van der Waals surface area contributed by atoms with E-state index >= 15 is 0 Å². The number of nitrogen functional groups attached to an aromatic ring is 1. The van der Waals surface area contributed by atoms with Crippen molar-refractivity contribution in [3.05, 3.63) is 47.0 Å². The Morgan fingerprint density at radius 3 is 2.76 bits per heavy atom. The molecule has 90 valence electrons. The molecule has 0 spiro atoms. The zero-order valence-corrected chi connectivity index (χ0v) is 10.5. The van der Waals surface area contributed by atoms with E-state index in [1.165, 1.54) is 16.9 Å². The van der Waals surface area contributed by atoms with E-state index in [0.29, 0.717) is 11.7 Å². The van der Waals surface area contributed by atoms with Crippen LogP contribution in [0.3, 0.4) is 0 Å². The van der Waals surface area contributed by atoms with Crippen molar-refractivity contribution in [2.24, 2.45) is 0 Å². The van der Waals surface area contributed by atoms with E-state index in [-0.39, 0.29) is 0 Å². The number of rotatable bonds is 6. The van der Waals surface area contributed by atoms with Crippen molar-refractivity contribution in [2.45, 2.75) is 19.4 Å². The Balaban J connectivity index is 1.61. The summed E-state index contributed by atoms with van der Waals surface area (Å²) < 4.78 is 5.54. The van der Waals surface area contributed by atoms with Gasteiger partial charge in [-0.25, -0.2) is 4.98 Å².